The molecule has 10 heteroatoms. The number of benzene rings is 3. The monoisotopic (exact) mass is 545 g/mol. The molecule has 1 N–H and O–H groups in total. The highest BCUT2D eigenvalue weighted by Gasteiger charge is 2.13. The van der Waals surface area contributed by atoms with Crippen molar-refractivity contribution in [2.24, 2.45) is 5.10 Å². The fourth-order valence-electron chi connectivity index (χ4n) is 3.08. The molecule has 0 radical (unpaired) electrons. The zero-order valence-electron chi connectivity index (χ0n) is 18.7. The SMILES string of the molecule is CCOc1cc(C=NNC(=O)CSc2nc3ccccc3s2)cc(Cl)c1OCc1ccccc1Cl. The average Bonchev–Trinajstić information content (AvgIpc) is 3.27. The highest BCUT2D eigenvalue weighted by Crippen LogP contribution is 2.37. The number of hydrogen-bond donors (Lipinski definition) is 1. The van der Waals surface area contributed by atoms with Crippen LogP contribution in [0.2, 0.25) is 10.0 Å². The number of amides is 1. The van der Waals surface area contributed by atoms with E-state index in [2.05, 4.69) is 15.5 Å². The summed E-state index contributed by atoms with van der Waals surface area (Å²) >= 11 is 15.6. The van der Waals surface area contributed by atoms with Crippen molar-refractivity contribution in [2.75, 3.05) is 12.4 Å². The molecule has 0 aliphatic carbocycles. The van der Waals surface area contributed by atoms with Gasteiger partial charge in [-0.05, 0) is 42.8 Å². The molecule has 1 heterocycles. The van der Waals surface area contributed by atoms with Crippen molar-refractivity contribution in [2.45, 2.75) is 17.9 Å². The summed E-state index contributed by atoms with van der Waals surface area (Å²) in [5, 5.41) is 5.02. The van der Waals surface area contributed by atoms with E-state index in [4.69, 9.17) is 32.7 Å². The Morgan fingerprint density at radius 1 is 1.11 bits per heavy atom. The predicted molar refractivity (Wildman–Crippen MR) is 144 cm³/mol. The van der Waals surface area contributed by atoms with Crippen LogP contribution in [0.4, 0.5) is 0 Å². The number of halogens is 2. The minimum Gasteiger partial charge on any atom is -0.490 e. The Hall–Kier alpha value is -2.78. The van der Waals surface area contributed by atoms with Crippen molar-refractivity contribution in [3.63, 3.8) is 0 Å². The van der Waals surface area contributed by atoms with Crippen LogP contribution in [0.3, 0.4) is 0 Å². The van der Waals surface area contributed by atoms with Crippen LogP contribution >= 0.6 is 46.3 Å². The van der Waals surface area contributed by atoms with Gasteiger partial charge in [0.25, 0.3) is 5.91 Å². The van der Waals surface area contributed by atoms with Crippen molar-refractivity contribution in [1.29, 1.82) is 0 Å². The van der Waals surface area contributed by atoms with Gasteiger partial charge in [0.15, 0.2) is 15.8 Å². The second-order valence-electron chi connectivity index (χ2n) is 7.17. The zero-order valence-corrected chi connectivity index (χ0v) is 21.8. The van der Waals surface area contributed by atoms with E-state index in [9.17, 15) is 4.79 Å². The van der Waals surface area contributed by atoms with E-state index >= 15 is 0 Å². The van der Waals surface area contributed by atoms with E-state index < -0.39 is 0 Å². The molecule has 0 spiro atoms. The fourth-order valence-corrected chi connectivity index (χ4v) is 5.41. The van der Waals surface area contributed by atoms with Gasteiger partial charge in [-0.1, -0.05) is 65.3 Å². The van der Waals surface area contributed by atoms with Crippen LogP contribution < -0.4 is 14.9 Å². The van der Waals surface area contributed by atoms with E-state index in [1.807, 2.05) is 49.4 Å². The molecule has 4 rings (SSSR count). The largest absolute Gasteiger partial charge is 0.490 e. The summed E-state index contributed by atoms with van der Waals surface area (Å²) < 4.78 is 13.6. The Balaban J connectivity index is 1.36. The number of hydrogen-bond acceptors (Lipinski definition) is 7. The van der Waals surface area contributed by atoms with Crippen molar-refractivity contribution in [3.05, 3.63) is 81.8 Å². The lowest BCUT2D eigenvalue weighted by Gasteiger charge is -2.15. The Morgan fingerprint density at radius 2 is 1.91 bits per heavy atom. The highest BCUT2D eigenvalue weighted by atomic mass is 35.5. The van der Waals surface area contributed by atoms with Crippen molar-refractivity contribution in [1.82, 2.24) is 10.4 Å². The number of ether oxygens (including phenoxy) is 2. The third-order valence-corrected chi connectivity index (χ3v) is 7.49. The molecule has 3 aromatic carbocycles. The number of carbonyl (C=O) groups is 1. The number of para-hydroxylation sites is 1. The van der Waals surface area contributed by atoms with Crippen LogP contribution in [0, 0.1) is 0 Å². The Labute approximate surface area is 221 Å². The minimum atomic E-state index is -0.235. The highest BCUT2D eigenvalue weighted by molar-refractivity contribution is 8.01. The van der Waals surface area contributed by atoms with Crippen molar-refractivity contribution in [3.8, 4) is 11.5 Å². The molecule has 35 heavy (non-hydrogen) atoms. The maximum atomic E-state index is 12.2. The third-order valence-electron chi connectivity index (χ3n) is 4.67. The lowest BCUT2D eigenvalue weighted by Crippen LogP contribution is -2.19. The molecule has 0 saturated heterocycles. The van der Waals surface area contributed by atoms with Crippen LogP contribution in [-0.2, 0) is 11.4 Å². The molecule has 0 unspecified atom stereocenters. The minimum absolute atomic E-state index is 0.205. The van der Waals surface area contributed by atoms with Gasteiger partial charge in [0.05, 0.1) is 33.8 Å². The molecule has 0 atom stereocenters. The Kier molecular flexibility index (Phi) is 8.87. The lowest BCUT2D eigenvalue weighted by atomic mass is 10.2. The third kappa shape index (κ3) is 6.89. The summed E-state index contributed by atoms with van der Waals surface area (Å²) in [5.74, 6) is 0.867. The second-order valence-corrected chi connectivity index (χ2v) is 10.2. The van der Waals surface area contributed by atoms with Gasteiger partial charge >= 0.3 is 0 Å². The van der Waals surface area contributed by atoms with Gasteiger partial charge in [-0.3, -0.25) is 4.79 Å². The number of nitrogens with one attached hydrogen (secondary N) is 1. The molecule has 180 valence electrons. The summed E-state index contributed by atoms with van der Waals surface area (Å²) in [6.07, 6.45) is 1.51. The molecule has 0 aliphatic heterocycles. The number of rotatable bonds is 10. The molecule has 6 nitrogen and oxygen atoms in total. The summed E-state index contributed by atoms with van der Waals surface area (Å²) in [4.78, 5) is 16.7. The molecule has 1 aromatic heterocycles. The predicted octanol–water partition coefficient (Wildman–Crippen LogP) is 6.82. The number of hydrazone groups is 1. The Morgan fingerprint density at radius 3 is 2.71 bits per heavy atom. The first kappa shape index (κ1) is 25.3. The first-order chi connectivity index (χ1) is 17.0. The van der Waals surface area contributed by atoms with Gasteiger partial charge in [0, 0.05) is 10.6 Å². The topological polar surface area (TPSA) is 72.8 Å². The Bertz CT molecular complexity index is 1330. The average molecular weight is 547 g/mol. The van der Waals surface area contributed by atoms with Gasteiger partial charge in [0.1, 0.15) is 6.61 Å². The first-order valence-electron chi connectivity index (χ1n) is 10.7. The normalized spacial score (nSPS) is 11.2. The van der Waals surface area contributed by atoms with Crippen LogP contribution in [0.15, 0.2) is 70.1 Å². The second kappa shape index (κ2) is 12.3. The van der Waals surface area contributed by atoms with Gasteiger partial charge in [-0.15, -0.1) is 11.3 Å². The van der Waals surface area contributed by atoms with Gasteiger partial charge in [0.2, 0.25) is 0 Å². The van der Waals surface area contributed by atoms with E-state index in [0.29, 0.717) is 33.7 Å². The standard InChI is InChI=1S/C25H21Cl2N3O3S2/c1-2-32-21-12-16(11-19(27)24(21)33-14-17-7-3-4-8-18(17)26)13-28-30-23(31)15-34-25-29-20-9-5-6-10-22(20)35-25/h3-13H,2,14-15H2,1H3,(H,30,31). The quantitative estimate of drug-likeness (QED) is 0.134. The number of thiazole rings is 1. The van der Waals surface area contributed by atoms with E-state index in [0.717, 1.165) is 20.1 Å². The fraction of sp³-hybridized carbons (Fsp3) is 0.160. The number of nitrogens with zero attached hydrogens (tertiary/aromatic N) is 2. The molecule has 4 aromatic rings. The molecular weight excluding hydrogens is 525 g/mol. The smallest absolute Gasteiger partial charge is 0.250 e. The summed E-state index contributed by atoms with van der Waals surface area (Å²) in [6, 6.07) is 18.8. The maximum absolute atomic E-state index is 12.2. The molecule has 0 aliphatic rings. The van der Waals surface area contributed by atoms with Crippen LogP contribution in [-0.4, -0.2) is 29.5 Å². The van der Waals surface area contributed by atoms with Crippen LogP contribution in [0.1, 0.15) is 18.1 Å². The van der Waals surface area contributed by atoms with E-state index in [1.165, 1.54) is 18.0 Å². The van der Waals surface area contributed by atoms with Crippen LogP contribution in [0.5, 0.6) is 11.5 Å². The number of thioether (sulfide) groups is 1. The maximum Gasteiger partial charge on any atom is 0.250 e. The molecule has 0 bridgehead atoms. The molecule has 0 fully saturated rings. The number of fused-ring (bicyclic) bond motifs is 1. The molecular formula is C25H21Cl2N3O3S2. The summed E-state index contributed by atoms with van der Waals surface area (Å²) in [7, 11) is 0. The number of carbonyl (C=O) groups excluding carboxylic acids is 1. The first-order valence-corrected chi connectivity index (χ1v) is 13.2. The van der Waals surface area contributed by atoms with Crippen LogP contribution in [0.25, 0.3) is 10.2 Å². The summed E-state index contributed by atoms with van der Waals surface area (Å²) in [5.41, 5.74) is 4.95. The van der Waals surface area contributed by atoms with E-state index in [1.54, 1.807) is 29.5 Å². The zero-order chi connectivity index (χ0) is 24.6. The van der Waals surface area contributed by atoms with E-state index in [-0.39, 0.29) is 18.3 Å². The molecule has 1 amide bonds. The lowest BCUT2D eigenvalue weighted by molar-refractivity contribution is -0.118. The molecule has 0 saturated carbocycles. The van der Waals surface area contributed by atoms with Gasteiger partial charge in [-0.2, -0.15) is 5.10 Å². The van der Waals surface area contributed by atoms with Crippen molar-refractivity contribution >= 4 is 68.6 Å². The van der Waals surface area contributed by atoms with Crippen molar-refractivity contribution < 1.29 is 14.3 Å². The number of aromatic nitrogens is 1. The summed E-state index contributed by atoms with van der Waals surface area (Å²) in [6.45, 7) is 2.55. The van der Waals surface area contributed by atoms with Gasteiger partial charge < -0.3 is 9.47 Å². The van der Waals surface area contributed by atoms with Gasteiger partial charge in [-0.25, -0.2) is 10.4 Å².